The first-order chi connectivity index (χ1) is 9.02. The van der Waals surface area contributed by atoms with Crippen LogP contribution in [0.4, 0.5) is 0 Å². The molecule has 0 atom stereocenters. The van der Waals surface area contributed by atoms with Gasteiger partial charge in [-0.2, -0.15) is 0 Å². The van der Waals surface area contributed by atoms with Crippen LogP contribution in [-0.4, -0.2) is 39.7 Å². The number of amides is 1. The zero-order chi connectivity index (χ0) is 14.0. The molecule has 1 saturated heterocycles. The maximum Gasteiger partial charge on any atom is 0.254 e. The van der Waals surface area contributed by atoms with E-state index in [2.05, 4.69) is 4.98 Å². The van der Waals surface area contributed by atoms with Gasteiger partial charge >= 0.3 is 0 Å². The van der Waals surface area contributed by atoms with Crippen LogP contribution in [0.25, 0.3) is 0 Å². The van der Waals surface area contributed by atoms with Crippen LogP contribution in [-0.2, 0) is 11.8 Å². The van der Waals surface area contributed by atoms with Crippen LogP contribution in [0.15, 0.2) is 16.0 Å². The SMILES string of the molecule is CSc1nc(C2CCN(C(C)=O)CC2)cc(=O)n1C. The van der Waals surface area contributed by atoms with Gasteiger partial charge in [-0.05, 0) is 19.1 Å². The summed E-state index contributed by atoms with van der Waals surface area (Å²) in [6, 6.07) is 1.63. The molecule has 6 heteroatoms. The highest BCUT2D eigenvalue weighted by Crippen LogP contribution is 2.26. The second-order valence-electron chi connectivity index (χ2n) is 4.85. The molecule has 19 heavy (non-hydrogen) atoms. The average molecular weight is 281 g/mol. The highest BCUT2D eigenvalue weighted by Gasteiger charge is 2.23. The Bertz CT molecular complexity index is 533. The van der Waals surface area contributed by atoms with Crippen molar-refractivity contribution in [3.8, 4) is 0 Å². The van der Waals surface area contributed by atoms with Crippen LogP contribution in [0.1, 0.15) is 31.4 Å². The summed E-state index contributed by atoms with van der Waals surface area (Å²) in [4.78, 5) is 29.6. The summed E-state index contributed by atoms with van der Waals surface area (Å²) in [5.74, 6) is 0.413. The van der Waals surface area contributed by atoms with E-state index in [0.717, 1.165) is 36.8 Å². The van der Waals surface area contributed by atoms with Crippen LogP contribution < -0.4 is 5.56 Å². The van der Waals surface area contributed by atoms with Crippen LogP contribution in [0.3, 0.4) is 0 Å². The van der Waals surface area contributed by atoms with Crippen molar-refractivity contribution in [2.24, 2.45) is 7.05 Å². The van der Waals surface area contributed by atoms with Crippen molar-refractivity contribution in [3.63, 3.8) is 0 Å². The predicted molar refractivity (Wildman–Crippen MR) is 75.5 cm³/mol. The molecule has 5 nitrogen and oxygen atoms in total. The quantitative estimate of drug-likeness (QED) is 0.604. The van der Waals surface area contributed by atoms with E-state index >= 15 is 0 Å². The van der Waals surface area contributed by atoms with Crippen LogP contribution in [0.5, 0.6) is 0 Å². The van der Waals surface area contributed by atoms with Gasteiger partial charge in [0.15, 0.2) is 5.16 Å². The molecule has 1 aliphatic rings. The minimum Gasteiger partial charge on any atom is -0.343 e. The minimum atomic E-state index is -0.0108. The predicted octanol–water partition coefficient (Wildman–Crippen LogP) is 1.23. The Labute approximate surface area is 117 Å². The molecule has 0 aromatic carbocycles. The fourth-order valence-corrected chi connectivity index (χ4v) is 2.98. The van der Waals surface area contributed by atoms with Gasteiger partial charge in [0, 0.05) is 39.0 Å². The third kappa shape index (κ3) is 3.00. The van der Waals surface area contributed by atoms with Gasteiger partial charge in [-0.15, -0.1) is 0 Å². The highest BCUT2D eigenvalue weighted by molar-refractivity contribution is 7.98. The first-order valence-corrected chi connectivity index (χ1v) is 7.63. The maximum absolute atomic E-state index is 11.9. The molecule has 1 aliphatic heterocycles. The number of thioether (sulfide) groups is 1. The lowest BCUT2D eigenvalue weighted by Crippen LogP contribution is -2.36. The van der Waals surface area contributed by atoms with Crippen LogP contribution in [0.2, 0.25) is 0 Å². The molecular weight excluding hydrogens is 262 g/mol. The molecule has 1 fully saturated rings. The van der Waals surface area contributed by atoms with E-state index in [1.54, 1.807) is 24.6 Å². The second-order valence-corrected chi connectivity index (χ2v) is 5.62. The molecule has 0 saturated carbocycles. The normalized spacial score (nSPS) is 16.7. The molecule has 0 unspecified atom stereocenters. The number of nitrogens with zero attached hydrogens (tertiary/aromatic N) is 3. The Kier molecular flexibility index (Phi) is 4.29. The van der Waals surface area contributed by atoms with E-state index in [-0.39, 0.29) is 17.4 Å². The Morgan fingerprint density at radius 2 is 2.05 bits per heavy atom. The Morgan fingerprint density at radius 1 is 1.42 bits per heavy atom. The van der Waals surface area contributed by atoms with E-state index in [1.807, 2.05) is 11.2 Å². The maximum atomic E-state index is 11.9. The Hall–Kier alpha value is -1.30. The van der Waals surface area contributed by atoms with Gasteiger partial charge in [-0.25, -0.2) is 4.98 Å². The topological polar surface area (TPSA) is 55.2 Å². The van der Waals surface area contributed by atoms with E-state index in [1.165, 1.54) is 11.8 Å². The zero-order valence-electron chi connectivity index (χ0n) is 11.5. The summed E-state index contributed by atoms with van der Waals surface area (Å²) >= 11 is 1.48. The number of hydrogen-bond acceptors (Lipinski definition) is 4. The van der Waals surface area contributed by atoms with Crippen molar-refractivity contribution < 1.29 is 4.79 Å². The molecule has 0 N–H and O–H groups in total. The van der Waals surface area contributed by atoms with Crippen LogP contribution >= 0.6 is 11.8 Å². The number of carbonyl (C=O) groups is 1. The van der Waals surface area contributed by atoms with Crippen molar-refractivity contribution in [1.82, 2.24) is 14.5 Å². The number of piperidine rings is 1. The molecule has 0 aliphatic carbocycles. The molecule has 1 aromatic rings. The summed E-state index contributed by atoms with van der Waals surface area (Å²) in [6.07, 6.45) is 3.69. The van der Waals surface area contributed by atoms with Gasteiger partial charge < -0.3 is 4.90 Å². The lowest BCUT2D eigenvalue weighted by molar-refractivity contribution is -0.129. The molecule has 2 rings (SSSR count). The fourth-order valence-electron chi connectivity index (χ4n) is 2.42. The standard InChI is InChI=1S/C13H19N3O2S/c1-9(17)16-6-4-10(5-7-16)11-8-12(18)15(2)13(14-11)19-3/h8,10H,4-7H2,1-3H3. The van der Waals surface area contributed by atoms with Gasteiger partial charge in [-0.1, -0.05) is 11.8 Å². The molecule has 0 bridgehead atoms. The van der Waals surface area contributed by atoms with Gasteiger partial charge in [0.25, 0.3) is 5.56 Å². The lowest BCUT2D eigenvalue weighted by Gasteiger charge is -2.31. The zero-order valence-corrected chi connectivity index (χ0v) is 12.4. The van der Waals surface area contributed by atoms with E-state index in [9.17, 15) is 9.59 Å². The fraction of sp³-hybridized carbons (Fsp3) is 0.615. The third-order valence-electron chi connectivity index (χ3n) is 3.65. The first-order valence-electron chi connectivity index (χ1n) is 6.40. The van der Waals surface area contributed by atoms with Crippen molar-refractivity contribution in [1.29, 1.82) is 0 Å². The molecular formula is C13H19N3O2S. The summed E-state index contributed by atoms with van der Waals surface area (Å²) in [6.45, 7) is 3.11. The molecule has 2 heterocycles. The summed E-state index contributed by atoms with van der Waals surface area (Å²) < 4.78 is 1.57. The van der Waals surface area contributed by atoms with Gasteiger partial charge in [0.2, 0.25) is 5.91 Å². The highest BCUT2D eigenvalue weighted by atomic mass is 32.2. The minimum absolute atomic E-state index is 0.0108. The van der Waals surface area contributed by atoms with Gasteiger partial charge in [-0.3, -0.25) is 14.2 Å². The Morgan fingerprint density at radius 3 is 2.58 bits per heavy atom. The number of aromatic nitrogens is 2. The molecule has 104 valence electrons. The summed E-state index contributed by atoms with van der Waals surface area (Å²) in [5, 5.41) is 0.747. The van der Waals surface area contributed by atoms with E-state index < -0.39 is 0 Å². The van der Waals surface area contributed by atoms with Crippen molar-refractivity contribution in [3.05, 3.63) is 22.1 Å². The van der Waals surface area contributed by atoms with E-state index in [4.69, 9.17) is 0 Å². The monoisotopic (exact) mass is 281 g/mol. The largest absolute Gasteiger partial charge is 0.343 e. The number of carbonyl (C=O) groups excluding carboxylic acids is 1. The number of likely N-dealkylation sites (tertiary alicyclic amines) is 1. The molecule has 1 aromatic heterocycles. The number of rotatable bonds is 2. The smallest absolute Gasteiger partial charge is 0.254 e. The lowest BCUT2D eigenvalue weighted by atomic mass is 9.93. The van der Waals surface area contributed by atoms with Gasteiger partial charge in [0.05, 0.1) is 5.69 Å². The van der Waals surface area contributed by atoms with Crippen molar-refractivity contribution in [2.45, 2.75) is 30.8 Å². The third-order valence-corrected chi connectivity index (χ3v) is 4.39. The second kappa shape index (κ2) is 5.77. The van der Waals surface area contributed by atoms with Crippen molar-refractivity contribution >= 4 is 17.7 Å². The van der Waals surface area contributed by atoms with Crippen LogP contribution in [0, 0.1) is 0 Å². The van der Waals surface area contributed by atoms with E-state index in [0.29, 0.717) is 0 Å². The molecule has 1 amide bonds. The first kappa shape index (κ1) is 14.1. The van der Waals surface area contributed by atoms with Gasteiger partial charge in [0.1, 0.15) is 0 Å². The number of hydrogen-bond donors (Lipinski definition) is 0. The Balaban J connectivity index is 2.18. The molecule has 0 radical (unpaired) electrons. The van der Waals surface area contributed by atoms with Crippen molar-refractivity contribution in [2.75, 3.05) is 19.3 Å². The summed E-state index contributed by atoms with van der Waals surface area (Å²) in [5.41, 5.74) is 0.860. The average Bonchev–Trinajstić information content (AvgIpc) is 2.41. The summed E-state index contributed by atoms with van der Waals surface area (Å²) in [7, 11) is 1.74. The molecule has 0 spiro atoms.